The SMILES string of the molecule is O=C(O)[C@@H]1CN(C(=O)NC2COc3ccc(F)cc3C2)C[C@H]1C(F)(F)F. The molecule has 6 nitrogen and oxygen atoms in total. The first-order valence-electron chi connectivity index (χ1n) is 7.91. The first-order chi connectivity index (χ1) is 12.1. The molecule has 1 unspecified atom stereocenters. The molecule has 2 amide bonds. The first kappa shape index (κ1) is 18.3. The highest BCUT2D eigenvalue weighted by molar-refractivity contribution is 5.78. The number of carboxylic acids is 1. The quantitative estimate of drug-likeness (QED) is 0.775. The second kappa shape index (κ2) is 6.65. The predicted octanol–water partition coefficient (Wildman–Crippen LogP) is 2.03. The number of amides is 2. The van der Waals surface area contributed by atoms with Gasteiger partial charge in [-0.2, -0.15) is 13.2 Å². The maximum absolute atomic E-state index is 13.3. The first-order valence-corrected chi connectivity index (χ1v) is 7.91. The smallest absolute Gasteiger partial charge is 0.394 e. The molecule has 3 atom stereocenters. The molecule has 2 aliphatic heterocycles. The Bertz CT molecular complexity index is 725. The molecule has 1 aromatic rings. The molecule has 3 rings (SSSR count). The highest BCUT2D eigenvalue weighted by Crippen LogP contribution is 2.37. The molecule has 142 valence electrons. The average Bonchev–Trinajstić information content (AvgIpc) is 3.00. The van der Waals surface area contributed by atoms with Crippen LogP contribution in [0.25, 0.3) is 0 Å². The molecule has 0 aliphatic carbocycles. The van der Waals surface area contributed by atoms with E-state index in [0.29, 0.717) is 11.3 Å². The summed E-state index contributed by atoms with van der Waals surface area (Å²) in [6.07, 6.45) is -4.44. The summed E-state index contributed by atoms with van der Waals surface area (Å²) < 4.78 is 57.7. The number of aliphatic carboxylic acids is 1. The third kappa shape index (κ3) is 3.68. The summed E-state index contributed by atoms with van der Waals surface area (Å²) in [6, 6.07) is 2.63. The van der Waals surface area contributed by atoms with Crippen LogP contribution in [-0.4, -0.2) is 53.9 Å². The number of benzene rings is 1. The topological polar surface area (TPSA) is 78.9 Å². The summed E-state index contributed by atoms with van der Waals surface area (Å²) >= 11 is 0. The van der Waals surface area contributed by atoms with Crippen molar-refractivity contribution < 1.29 is 37.0 Å². The fraction of sp³-hybridized carbons (Fsp3) is 0.500. The number of hydrogen-bond acceptors (Lipinski definition) is 3. The summed E-state index contributed by atoms with van der Waals surface area (Å²) in [6.45, 7) is -1.15. The van der Waals surface area contributed by atoms with Gasteiger partial charge in [-0.1, -0.05) is 0 Å². The van der Waals surface area contributed by atoms with Crippen molar-refractivity contribution in [3.05, 3.63) is 29.6 Å². The number of fused-ring (bicyclic) bond motifs is 1. The summed E-state index contributed by atoms with van der Waals surface area (Å²) in [7, 11) is 0. The average molecular weight is 376 g/mol. The Balaban J connectivity index is 1.65. The van der Waals surface area contributed by atoms with Gasteiger partial charge in [-0.05, 0) is 30.2 Å². The van der Waals surface area contributed by atoms with Crippen LogP contribution in [0.2, 0.25) is 0 Å². The molecule has 0 bridgehead atoms. The van der Waals surface area contributed by atoms with Crippen molar-refractivity contribution in [2.75, 3.05) is 19.7 Å². The van der Waals surface area contributed by atoms with Crippen LogP contribution in [0.3, 0.4) is 0 Å². The number of nitrogens with one attached hydrogen (secondary N) is 1. The molecule has 0 radical (unpaired) electrons. The molecule has 1 fully saturated rings. The highest BCUT2D eigenvalue weighted by Gasteiger charge is 2.53. The van der Waals surface area contributed by atoms with Crippen molar-refractivity contribution in [2.45, 2.75) is 18.6 Å². The Morgan fingerprint density at radius 2 is 2.00 bits per heavy atom. The molecule has 1 saturated heterocycles. The number of likely N-dealkylation sites (tertiary alicyclic amines) is 1. The Morgan fingerprint density at radius 1 is 1.27 bits per heavy atom. The number of carbonyl (C=O) groups excluding carboxylic acids is 1. The summed E-state index contributed by atoms with van der Waals surface area (Å²) in [5.41, 5.74) is 0.541. The summed E-state index contributed by atoms with van der Waals surface area (Å²) in [5.74, 6) is -5.37. The maximum Gasteiger partial charge on any atom is 0.394 e. The van der Waals surface area contributed by atoms with E-state index in [0.717, 1.165) is 4.90 Å². The van der Waals surface area contributed by atoms with Gasteiger partial charge in [-0.15, -0.1) is 0 Å². The number of nitrogens with zero attached hydrogens (tertiary/aromatic N) is 1. The van der Waals surface area contributed by atoms with Gasteiger partial charge in [0.05, 0.1) is 17.9 Å². The van der Waals surface area contributed by atoms with E-state index in [4.69, 9.17) is 9.84 Å². The van der Waals surface area contributed by atoms with Gasteiger partial charge in [-0.3, -0.25) is 4.79 Å². The number of halogens is 4. The van der Waals surface area contributed by atoms with Gasteiger partial charge in [0, 0.05) is 13.1 Å². The van der Waals surface area contributed by atoms with Crippen LogP contribution in [0.1, 0.15) is 5.56 Å². The largest absolute Gasteiger partial charge is 0.491 e. The van der Waals surface area contributed by atoms with E-state index in [1.807, 2.05) is 0 Å². The van der Waals surface area contributed by atoms with E-state index < -0.39 is 55.0 Å². The number of ether oxygens (including phenoxy) is 1. The number of carboxylic acid groups (broad SMARTS) is 1. The lowest BCUT2D eigenvalue weighted by molar-refractivity contribution is -0.187. The highest BCUT2D eigenvalue weighted by atomic mass is 19.4. The van der Waals surface area contributed by atoms with Crippen LogP contribution in [0.15, 0.2) is 18.2 Å². The molecule has 2 aliphatic rings. The van der Waals surface area contributed by atoms with Gasteiger partial charge in [0.15, 0.2) is 0 Å². The molecule has 2 N–H and O–H groups in total. The number of rotatable bonds is 2. The van der Waals surface area contributed by atoms with Crippen molar-refractivity contribution in [2.24, 2.45) is 11.8 Å². The van der Waals surface area contributed by atoms with Crippen LogP contribution in [0, 0.1) is 17.7 Å². The number of alkyl halides is 3. The second-order valence-electron chi connectivity index (χ2n) is 6.41. The van der Waals surface area contributed by atoms with Crippen molar-refractivity contribution in [3.63, 3.8) is 0 Å². The van der Waals surface area contributed by atoms with Gasteiger partial charge in [0.1, 0.15) is 18.2 Å². The zero-order valence-electron chi connectivity index (χ0n) is 13.4. The van der Waals surface area contributed by atoms with Crippen molar-refractivity contribution in [1.29, 1.82) is 0 Å². The molecular formula is C16H16F4N2O4. The van der Waals surface area contributed by atoms with Crippen LogP contribution in [-0.2, 0) is 11.2 Å². The zero-order chi connectivity index (χ0) is 19.1. The molecular weight excluding hydrogens is 360 g/mol. The predicted molar refractivity (Wildman–Crippen MR) is 80.2 cm³/mol. The molecule has 26 heavy (non-hydrogen) atoms. The monoisotopic (exact) mass is 376 g/mol. The van der Waals surface area contributed by atoms with Crippen LogP contribution in [0.4, 0.5) is 22.4 Å². The van der Waals surface area contributed by atoms with Crippen LogP contribution in [0.5, 0.6) is 5.75 Å². The maximum atomic E-state index is 13.3. The number of urea groups is 1. The van der Waals surface area contributed by atoms with Crippen molar-refractivity contribution >= 4 is 12.0 Å². The van der Waals surface area contributed by atoms with Gasteiger partial charge in [0.2, 0.25) is 0 Å². The normalized spacial score (nSPS) is 25.4. The fourth-order valence-corrected chi connectivity index (χ4v) is 3.27. The Hall–Kier alpha value is -2.52. The summed E-state index contributed by atoms with van der Waals surface area (Å²) in [5, 5.41) is 11.5. The molecule has 0 saturated carbocycles. The minimum absolute atomic E-state index is 0.0866. The third-order valence-electron chi connectivity index (χ3n) is 4.60. The molecule has 2 heterocycles. The number of hydrogen-bond donors (Lipinski definition) is 2. The van der Waals surface area contributed by atoms with E-state index >= 15 is 0 Å². The zero-order valence-corrected chi connectivity index (χ0v) is 13.4. The van der Waals surface area contributed by atoms with Gasteiger partial charge >= 0.3 is 18.2 Å². The number of carbonyl (C=O) groups is 2. The molecule has 10 heteroatoms. The standard InChI is InChI=1S/C16H16F4N2O4/c17-9-1-2-13-8(3-9)4-10(7-26-13)21-15(25)22-5-11(14(23)24)12(6-22)16(18,19)20/h1-3,10-12H,4-7H2,(H,21,25)(H,23,24)/t10?,11-,12-/m1/s1. The van der Waals surface area contributed by atoms with E-state index in [2.05, 4.69) is 5.32 Å². The minimum atomic E-state index is -4.71. The third-order valence-corrected chi connectivity index (χ3v) is 4.60. The second-order valence-corrected chi connectivity index (χ2v) is 6.41. The van der Waals surface area contributed by atoms with Crippen LogP contribution >= 0.6 is 0 Å². The van der Waals surface area contributed by atoms with Gasteiger partial charge in [0.25, 0.3) is 0 Å². The molecule has 0 aromatic heterocycles. The van der Waals surface area contributed by atoms with E-state index in [9.17, 15) is 27.2 Å². The summed E-state index contributed by atoms with van der Waals surface area (Å²) in [4.78, 5) is 24.2. The van der Waals surface area contributed by atoms with E-state index in [-0.39, 0.29) is 13.0 Å². The Morgan fingerprint density at radius 3 is 2.62 bits per heavy atom. The molecule has 1 aromatic carbocycles. The molecule has 0 spiro atoms. The Labute approximate surface area is 145 Å². The minimum Gasteiger partial charge on any atom is -0.491 e. The van der Waals surface area contributed by atoms with Crippen LogP contribution < -0.4 is 10.1 Å². The lowest BCUT2D eigenvalue weighted by Gasteiger charge is -2.28. The Kier molecular flexibility index (Phi) is 4.68. The lowest BCUT2D eigenvalue weighted by Crippen LogP contribution is -2.48. The lowest BCUT2D eigenvalue weighted by atomic mass is 9.96. The van der Waals surface area contributed by atoms with Gasteiger partial charge < -0.3 is 20.1 Å². The fourth-order valence-electron chi connectivity index (χ4n) is 3.27. The van der Waals surface area contributed by atoms with Crippen molar-refractivity contribution in [1.82, 2.24) is 10.2 Å². The van der Waals surface area contributed by atoms with Gasteiger partial charge in [-0.25, -0.2) is 9.18 Å². The van der Waals surface area contributed by atoms with E-state index in [1.165, 1.54) is 18.2 Å². The van der Waals surface area contributed by atoms with E-state index in [1.54, 1.807) is 0 Å². The van der Waals surface area contributed by atoms with Crippen molar-refractivity contribution in [3.8, 4) is 5.75 Å².